The minimum absolute atomic E-state index is 0.0282. The molecular formula is C20H39N7O7. The number of guanidine groups is 1. The molecule has 0 aromatic rings. The van der Waals surface area contributed by atoms with Crippen LogP contribution in [0.1, 0.15) is 47.0 Å². The van der Waals surface area contributed by atoms with E-state index in [1.165, 1.54) is 13.8 Å². The van der Waals surface area contributed by atoms with E-state index in [1.807, 2.05) is 13.8 Å². The van der Waals surface area contributed by atoms with Crippen LogP contribution in [-0.2, 0) is 19.2 Å². The van der Waals surface area contributed by atoms with Crippen molar-refractivity contribution in [3.05, 3.63) is 0 Å². The first-order valence-electron chi connectivity index (χ1n) is 11.0. The summed E-state index contributed by atoms with van der Waals surface area (Å²) in [5, 5.41) is 35.6. The number of aliphatic hydroxyl groups excluding tert-OH is 2. The smallest absolute Gasteiger partial charge is 0.328 e. The molecule has 0 fully saturated rings. The topological polar surface area (TPSA) is 255 Å². The fraction of sp³-hybridized carbons (Fsp3) is 0.750. The summed E-state index contributed by atoms with van der Waals surface area (Å²) in [6.07, 6.45) is -1.93. The van der Waals surface area contributed by atoms with Crippen molar-refractivity contribution in [2.45, 2.75) is 83.3 Å². The number of nitrogens with one attached hydrogen (secondary N) is 3. The number of amides is 3. The molecule has 0 rings (SSSR count). The molecule has 0 spiro atoms. The van der Waals surface area contributed by atoms with E-state index in [4.69, 9.17) is 22.3 Å². The van der Waals surface area contributed by atoms with Crippen LogP contribution in [-0.4, -0.2) is 87.9 Å². The van der Waals surface area contributed by atoms with Gasteiger partial charge in [-0.1, -0.05) is 13.8 Å². The molecule has 0 aromatic heterocycles. The summed E-state index contributed by atoms with van der Waals surface area (Å²) < 4.78 is 0. The molecule has 0 aliphatic heterocycles. The fourth-order valence-corrected chi connectivity index (χ4v) is 2.92. The van der Waals surface area contributed by atoms with Crippen LogP contribution in [0.25, 0.3) is 0 Å². The van der Waals surface area contributed by atoms with Gasteiger partial charge in [0, 0.05) is 6.54 Å². The number of aliphatic imine (C=N–C) groups is 1. The molecule has 196 valence electrons. The van der Waals surface area contributed by atoms with Gasteiger partial charge in [-0.3, -0.25) is 19.4 Å². The molecule has 14 nitrogen and oxygen atoms in total. The van der Waals surface area contributed by atoms with Crippen molar-refractivity contribution >= 4 is 29.7 Å². The second-order valence-corrected chi connectivity index (χ2v) is 8.54. The highest BCUT2D eigenvalue weighted by Crippen LogP contribution is 2.08. The average molecular weight is 490 g/mol. The molecule has 0 heterocycles. The summed E-state index contributed by atoms with van der Waals surface area (Å²) in [6, 6.07) is -5.19. The highest BCUT2D eigenvalue weighted by Gasteiger charge is 2.34. The summed E-state index contributed by atoms with van der Waals surface area (Å²) >= 11 is 0. The maximum Gasteiger partial charge on any atom is 0.328 e. The molecule has 12 N–H and O–H groups in total. The molecule has 0 saturated heterocycles. The number of nitrogens with zero attached hydrogens (tertiary/aromatic N) is 1. The molecular weight excluding hydrogens is 450 g/mol. The van der Waals surface area contributed by atoms with Crippen LogP contribution in [0, 0.1) is 5.92 Å². The van der Waals surface area contributed by atoms with Crippen molar-refractivity contribution in [2.75, 3.05) is 6.54 Å². The highest BCUT2D eigenvalue weighted by atomic mass is 16.4. The number of hydrogen-bond acceptors (Lipinski definition) is 8. The molecule has 3 amide bonds. The number of hydrogen-bond donors (Lipinski definition) is 9. The van der Waals surface area contributed by atoms with E-state index in [1.54, 1.807) is 0 Å². The zero-order valence-electron chi connectivity index (χ0n) is 20.0. The first kappa shape index (κ1) is 31.0. The zero-order chi connectivity index (χ0) is 26.6. The lowest BCUT2D eigenvalue weighted by Gasteiger charge is -2.27. The van der Waals surface area contributed by atoms with Gasteiger partial charge in [-0.2, -0.15) is 0 Å². The maximum atomic E-state index is 12.9. The largest absolute Gasteiger partial charge is 0.480 e. The van der Waals surface area contributed by atoms with Gasteiger partial charge in [0.1, 0.15) is 12.1 Å². The lowest BCUT2D eigenvalue weighted by molar-refractivity contribution is -0.146. The van der Waals surface area contributed by atoms with E-state index in [0.717, 1.165) is 0 Å². The van der Waals surface area contributed by atoms with Crippen LogP contribution >= 0.6 is 0 Å². The summed E-state index contributed by atoms with van der Waals surface area (Å²) in [5.74, 6) is -3.96. The van der Waals surface area contributed by atoms with E-state index in [2.05, 4.69) is 20.9 Å². The van der Waals surface area contributed by atoms with Crippen LogP contribution in [0.2, 0.25) is 0 Å². The molecule has 0 saturated carbocycles. The van der Waals surface area contributed by atoms with Gasteiger partial charge in [0.05, 0.1) is 18.2 Å². The molecule has 0 aliphatic rings. The first-order chi connectivity index (χ1) is 15.7. The zero-order valence-corrected chi connectivity index (χ0v) is 20.0. The Labute approximate surface area is 198 Å². The van der Waals surface area contributed by atoms with Crippen molar-refractivity contribution in [1.82, 2.24) is 16.0 Å². The molecule has 34 heavy (non-hydrogen) atoms. The predicted octanol–water partition coefficient (Wildman–Crippen LogP) is -3.29. The van der Waals surface area contributed by atoms with Crippen molar-refractivity contribution < 1.29 is 34.5 Å². The summed E-state index contributed by atoms with van der Waals surface area (Å²) in [5.41, 5.74) is 16.4. The molecule has 0 aromatic carbocycles. The molecule has 6 unspecified atom stereocenters. The Hall–Kier alpha value is -2.97. The standard InChI is InChI=1S/C20H39N7O7/c1-9(2)8-13(25-16(30)12(21)6-5-7-24-20(22)23)17(31)26-14(10(3)28)18(32)27-15(11(4)29)19(33)34/h9-15,28-29H,5-8,21H2,1-4H3,(H,25,30)(H,26,31)(H,27,32)(H,33,34)(H4,22,23,24). The number of nitrogens with two attached hydrogens (primary N) is 3. The molecule has 0 bridgehead atoms. The number of carbonyl (C=O) groups excluding carboxylic acids is 3. The monoisotopic (exact) mass is 489 g/mol. The average Bonchev–Trinajstić information content (AvgIpc) is 2.70. The van der Waals surface area contributed by atoms with Gasteiger partial charge in [0.15, 0.2) is 12.0 Å². The van der Waals surface area contributed by atoms with Gasteiger partial charge in [0.2, 0.25) is 17.7 Å². The maximum absolute atomic E-state index is 12.9. The minimum atomic E-state index is -1.64. The Balaban J connectivity index is 5.31. The van der Waals surface area contributed by atoms with Crippen LogP contribution in [0.3, 0.4) is 0 Å². The second-order valence-electron chi connectivity index (χ2n) is 8.54. The summed E-state index contributed by atoms with van der Waals surface area (Å²) in [6.45, 7) is 6.32. The Morgan fingerprint density at radius 2 is 1.38 bits per heavy atom. The van der Waals surface area contributed by atoms with Crippen LogP contribution in [0.4, 0.5) is 0 Å². The van der Waals surface area contributed by atoms with Crippen molar-refractivity contribution in [3.63, 3.8) is 0 Å². The number of carboxylic acid groups (broad SMARTS) is 1. The van der Waals surface area contributed by atoms with E-state index in [0.29, 0.717) is 6.42 Å². The Kier molecular flexibility index (Phi) is 13.7. The van der Waals surface area contributed by atoms with E-state index in [-0.39, 0.29) is 31.3 Å². The third-order valence-corrected chi connectivity index (χ3v) is 4.75. The Morgan fingerprint density at radius 1 is 0.853 bits per heavy atom. The SMILES string of the molecule is CC(C)CC(NC(=O)C(N)CCCN=C(N)N)C(=O)NC(C(=O)NC(C(=O)O)C(C)O)C(C)O. The fourth-order valence-electron chi connectivity index (χ4n) is 2.92. The predicted molar refractivity (Wildman–Crippen MR) is 124 cm³/mol. The quantitative estimate of drug-likeness (QED) is 0.0629. The Bertz CT molecular complexity index is 724. The van der Waals surface area contributed by atoms with E-state index >= 15 is 0 Å². The third kappa shape index (κ3) is 11.8. The number of aliphatic carboxylic acids is 1. The lowest BCUT2D eigenvalue weighted by atomic mass is 10.0. The van der Waals surface area contributed by atoms with Gasteiger partial charge in [-0.15, -0.1) is 0 Å². The summed E-state index contributed by atoms with van der Waals surface area (Å²) in [7, 11) is 0. The van der Waals surface area contributed by atoms with Gasteiger partial charge in [-0.05, 0) is 39.0 Å². The first-order valence-corrected chi connectivity index (χ1v) is 11.0. The van der Waals surface area contributed by atoms with Gasteiger partial charge in [-0.25, -0.2) is 4.79 Å². The number of carboxylic acids is 1. The normalized spacial score (nSPS) is 16.4. The van der Waals surface area contributed by atoms with Crippen molar-refractivity contribution in [3.8, 4) is 0 Å². The minimum Gasteiger partial charge on any atom is -0.480 e. The number of aliphatic hydroxyl groups is 2. The highest BCUT2D eigenvalue weighted by molar-refractivity contribution is 5.94. The second kappa shape index (κ2) is 15.0. The van der Waals surface area contributed by atoms with Gasteiger partial charge in [0.25, 0.3) is 0 Å². The van der Waals surface area contributed by atoms with Gasteiger partial charge < -0.3 is 48.5 Å². The van der Waals surface area contributed by atoms with Crippen LogP contribution in [0.15, 0.2) is 4.99 Å². The Morgan fingerprint density at radius 3 is 1.82 bits per heavy atom. The third-order valence-electron chi connectivity index (χ3n) is 4.75. The van der Waals surface area contributed by atoms with E-state index < -0.39 is 60.1 Å². The van der Waals surface area contributed by atoms with E-state index in [9.17, 15) is 29.4 Å². The molecule has 14 heteroatoms. The number of rotatable bonds is 15. The van der Waals surface area contributed by atoms with Crippen LogP contribution < -0.4 is 33.2 Å². The molecule has 0 radical (unpaired) electrons. The van der Waals surface area contributed by atoms with Crippen molar-refractivity contribution in [1.29, 1.82) is 0 Å². The lowest BCUT2D eigenvalue weighted by Crippen LogP contribution is -2.61. The van der Waals surface area contributed by atoms with Crippen LogP contribution in [0.5, 0.6) is 0 Å². The van der Waals surface area contributed by atoms with Gasteiger partial charge >= 0.3 is 5.97 Å². The van der Waals surface area contributed by atoms with Crippen molar-refractivity contribution in [2.24, 2.45) is 28.1 Å². The number of carbonyl (C=O) groups is 4. The summed E-state index contributed by atoms with van der Waals surface area (Å²) in [4.78, 5) is 52.9. The molecule has 6 atom stereocenters. The molecule has 0 aliphatic carbocycles.